The maximum atomic E-state index is 12.6. The molecule has 3 heteroatoms. The lowest BCUT2D eigenvalue weighted by atomic mass is 9.91. The second-order valence-electron chi connectivity index (χ2n) is 6.59. The van der Waals surface area contributed by atoms with Crippen LogP contribution in [0.5, 0.6) is 5.75 Å². The van der Waals surface area contributed by atoms with Crippen LogP contribution in [0.3, 0.4) is 0 Å². The third-order valence-electron chi connectivity index (χ3n) is 4.77. The Morgan fingerprint density at radius 2 is 1.96 bits per heavy atom. The van der Waals surface area contributed by atoms with Gasteiger partial charge in [0.25, 0.3) is 0 Å². The van der Waals surface area contributed by atoms with E-state index in [0.29, 0.717) is 6.42 Å². The minimum Gasteiger partial charge on any atom is -0.493 e. The molecule has 0 amide bonds. The monoisotopic (exact) mass is 337 g/mol. The Morgan fingerprint density at radius 3 is 2.68 bits per heavy atom. The van der Waals surface area contributed by atoms with Gasteiger partial charge in [-0.2, -0.15) is 0 Å². The lowest BCUT2D eigenvalue weighted by Gasteiger charge is -2.13. The molecule has 1 aliphatic rings. The number of ether oxygens (including phenoxy) is 1. The third-order valence-corrected chi connectivity index (χ3v) is 4.77. The molecule has 3 rings (SSSR count). The summed E-state index contributed by atoms with van der Waals surface area (Å²) in [4.78, 5) is 12.6. The number of fused-ring (bicyclic) bond motifs is 1. The molecule has 0 bridgehead atoms. The van der Waals surface area contributed by atoms with Crippen molar-refractivity contribution in [2.45, 2.75) is 32.6 Å². The summed E-state index contributed by atoms with van der Waals surface area (Å²) >= 11 is 0. The lowest BCUT2D eigenvalue weighted by Crippen LogP contribution is -2.05. The van der Waals surface area contributed by atoms with Gasteiger partial charge in [0.2, 0.25) is 0 Å². The number of hydrogen-bond donors (Lipinski definition) is 1. The van der Waals surface area contributed by atoms with E-state index in [0.717, 1.165) is 35.5 Å². The maximum Gasteiger partial charge on any atom is 0.163 e. The molecule has 0 saturated heterocycles. The molecule has 1 aliphatic heterocycles. The molecule has 3 nitrogen and oxygen atoms in total. The van der Waals surface area contributed by atoms with E-state index in [9.17, 15) is 4.79 Å². The Kier molecular flexibility index (Phi) is 5.13. The van der Waals surface area contributed by atoms with Crippen molar-refractivity contribution < 1.29 is 12.4 Å². The van der Waals surface area contributed by atoms with Crippen LogP contribution in [0.15, 0.2) is 48.5 Å². The summed E-state index contributed by atoms with van der Waals surface area (Å²) in [6, 6.07) is 13.9. The first-order chi connectivity index (χ1) is 12.1. The van der Waals surface area contributed by atoms with Crippen molar-refractivity contribution in [2.75, 3.05) is 6.61 Å². The molecule has 0 aliphatic carbocycles. The van der Waals surface area contributed by atoms with E-state index in [1.807, 2.05) is 37.3 Å². The van der Waals surface area contributed by atoms with E-state index in [4.69, 9.17) is 10.1 Å². The normalized spacial score (nSPS) is 14.6. The molecule has 0 fully saturated rings. The largest absolute Gasteiger partial charge is 0.493 e. The summed E-state index contributed by atoms with van der Waals surface area (Å²) in [7, 11) is 0. The van der Waals surface area contributed by atoms with Crippen molar-refractivity contribution in [3.05, 3.63) is 70.8 Å². The van der Waals surface area contributed by atoms with Gasteiger partial charge in [0.1, 0.15) is 5.75 Å². The zero-order valence-electron chi connectivity index (χ0n) is 14.7. The number of allylic oxidation sites excluding steroid dienone is 2. The average molecular weight is 337 g/mol. The number of Topliss-reactive ketones (excluding diaryl/α,β-unsaturated/α-hetero) is 1. The predicted molar refractivity (Wildman–Crippen MR) is 106 cm³/mol. The smallest absolute Gasteiger partial charge is 0.163 e. The second-order valence-corrected chi connectivity index (χ2v) is 6.59. The molecule has 1 unspecified atom stereocenters. The Balaban J connectivity index is 0.00000182. The van der Waals surface area contributed by atoms with Gasteiger partial charge in [-0.25, -0.2) is 0 Å². The average Bonchev–Trinajstić information content (AvgIpc) is 3.09. The van der Waals surface area contributed by atoms with Gasteiger partial charge < -0.3 is 10.1 Å². The van der Waals surface area contributed by atoms with Crippen LogP contribution in [0, 0.1) is 5.41 Å². The van der Waals surface area contributed by atoms with E-state index in [1.54, 1.807) is 6.08 Å². The quantitative estimate of drug-likeness (QED) is 0.555. The van der Waals surface area contributed by atoms with Crippen LogP contribution in [0.4, 0.5) is 0 Å². The van der Waals surface area contributed by atoms with Crippen molar-refractivity contribution in [2.24, 2.45) is 0 Å². The van der Waals surface area contributed by atoms with Crippen LogP contribution >= 0.6 is 0 Å². The summed E-state index contributed by atoms with van der Waals surface area (Å²) in [6.45, 7) is 4.81. The van der Waals surface area contributed by atoms with Crippen LogP contribution < -0.4 is 4.74 Å². The highest BCUT2D eigenvalue weighted by molar-refractivity contribution is 5.97. The molecular formula is C22H27NO2. The Bertz CT molecular complexity index is 829. The molecule has 0 saturated carbocycles. The number of ketones is 1. The minimum absolute atomic E-state index is 0. The topological polar surface area (TPSA) is 50.2 Å². The first kappa shape index (κ1) is 17.2. The van der Waals surface area contributed by atoms with Crippen molar-refractivity contribution in [1.82, 2.24) is 0 Å². The van der Waals surface area contributed by atoms with Crippen molar-refractivity contribution >= 4 is 17.6 Å². The van der Waals surface area contributed by atoms with E-state index >= 15 is 0 Å². The second kappa shape index (κ2) is 7.47. The van der Waals surface area contributed by atoms with Crippen LogP contribution in [0.1, 0.15) is 56.1 Å². The molecule has 25 heavy (non-hydrogen) atoms. The number of carbonyl (C=O) groups excluding carboxylic acids is 1. The maximum absolute atomic E-state index is 12.6. The van der Waals surface area contributed by atoms with E-state index < -0.39 is 0 Å². The zero-order valence-corrected chi connectivity index (χ0v) is 14.7. The minimum atomic E-state index is 0. The number of nitrogens with one attached hydrogen (secondary N) is 1. The molecule has 2 aromatic rings. The summed E-state index contributed by atoms with van der Waals surface area (Å²) < 4.78 is 5.55. The third kappa shape index (κ3) is 3.87. The van der Waals surface area contributed by atoms with Gasteiger partial charge in [-0.05, 0) is 47.2 Å². The number of benzene rings is 2. The van der Waals surface area contributed by atoms with Gasteiger partial charge in [-0.1, -0.05) is 43.3 Å². The fourth-order valence-electron chi connectivity index (χ4n) is 3.17. The molecule has 132 valence electrons. The highest BCUT2D eigenvalue weighted by atomic mass is 16.5. The highest BCUT2D eigenvalue weighted by Gasteiger charge is 2.17. The van der Waals surface area contributed by atoms with Crippen LogP contribution in [-0.4, -0.2) is 18.6 Å². The Hall–Kier alpha value is -2.68. The zero-order chi connectivity index (χ0) is 17.8. The van der Waals surface area contributed by atoms with E-state index in [2.05, 4.69) is 19.1 Å². The van der Waals surface area contributed by atoms with E-state index in [-0.39, 0.29) is 14.6 Å². The highest BCUT2D eigenvalue weighted by Crippen LogP contribution is 2.30. The van der Waals surface area contributed by atoms with Gasteiger partial charge >= 0.3 is 0 Å². The summed E-state index contributed by atoms with van der Waals surface area (Å²) in [6.07, 6.45) is 4.47. The van der Waals surface area contributed by atoms with Gasteiger partial charge in [0.05, 0.1) is 6.61 Å². The molecule has 0 radical (unpaired) electrons. The molecule has 1 atom stereocenters. The molecule has 0 spiro atoms. The first-order valence-electron chi connectivity index (χ1n) is 8.65. The molecule has 2 aromatic carbocycles. The Labute approximate surface area is 151 Å². The fourth-order valence-corrected chi connectivity index (χ4v) is 3.17. The van der Waals surface area contributed by atoms with Gasteiger partial charge in [0, 0.05) is 27.5 Å². The fraction of sp³-hybridized carbons (Fsp3) is 0.273. The summed E-state index contributed by atoms with van der Waals surface area (Å²) in [5.74, 6) is 1.31. The van der Waals surface area contributed by atoms with Gasteiger partial charge in [-0.3, -0.25) is 4.79 Å². The van der Waals surface area contributed by atoms with Crippen LogP contribution in [0.2, 0.25) is 0 Å². The molecule has 0 aromatic heterocycles. The van der Waals surface area contributed by atoms with E-state index in [1.165, 1.54) is 17.3 Å². The molecule has 1 heterocycles. The predicted octanol–water partition coefficient (Wildman–Crippen LogP) is 5.54. The number of rotatable bonds is 6. The van der Waals surface area contributed by atoms with Gasteiger partial charge in [0.15, 0.2) is 5.78 Å². The van der Waals surface area contributed by atoms with Crippen molar-refractivity contribution in [3.8, 4) is 5.75 Å². The molecular weight excluding hydrogens is 310 g/mol. The number of hydrogen-bond acceptors (Lipinski definition) is 3. The number of carbonyl (C=O) groups is 1. The van der Waals surface area contributed by atoms with Gasteiger partial charge in [-0.15, -0.1) is 0 Å². The standard InChI is InChI=1S/C22H23NO2.2H2/c1-15(9-11-23)17-3-5-18(6-4-17)21(24)13-16(2)19-7-8-22-20(14-19)10-12-25-22;;/h3-9,11,14,16,23H,10,12-13H2,1-2H3;2*1H/b15-9+,23-11?;;. The van der Waals surface area contributed by atoms with Crippen molar-refractivity contribution in [1.29, 1.82) is 5.41 Å². The summed E-state index contributed by atoms with van der Waals surface area (Å²) in [5.41, 5.74) is 5.23. The lowest BCUT2D eigenvalue weighted by molar-refractivity contribution is 0.0975. The Morgan fingerprint density at radius 1 is 1.24 bits per heavy atom. The first-order valence-corrected chi connectivity index (χ1v) is 8.65. The molecule has 1 N–H and O–H groups in total. The van der Waals surface area contributed by atoms with Crippen LogP contribution in [-0.2, 0) is 6.42 Å². The summed E-state index contributed by atoms with van der Waals surface area (Å²) in [5, 5.41) is 7.13. The van der Waals surface area contributed by atoms with Crippen LogP contribution in [0.25, 0.3) is 5.57 Å². The SMILES string of the molecule is C/C(=C\C=N)c1ccc(C(=O)CC(C)c2ccc3c(c2)CCO3)cc1.[HH].[HH]. The van der Waals surface area contributed by atoms with Crippen molar-refractivity contribution in [3.63, 3.8) is 0 Å².